The topological polar surface area (TPSA) is 176 Å². The number of nitrogens with two attached hydrogens (primary N) is 2. The van der Waals surface area contributed by atoms with Crippen LogP contribution in [0.5, 0.6) is 0 Å². The van der Waals surface area contributed by atoms with Crippen molar-refractivity contribution in [3.05, 3.63) is 95.1 Å². The number of rotatable bonds is 18. The van der Waals surface area contributed by atoms with Gasteiger partial charge in [0.25, 0.3) is 0 Å². The molecule has 0 atom stereocenters. The summed E-state index contributed by atoms with van der Waals surface area (Å²) in [5.74, 6) is -1.92. The number of nitrogen functional groups attached to an aromatic ring is 2. The SMILES string of the molecule is Nc1ccc(CC(=O)OCCOCCOC(=O)c2ccc(C(=O)OCCOCCOC(=O)Cc3ccc(N)cc3)cc2)cc1. The summed E-state index contributed by atoms with van der Waals surface area (Å²) in [6.45, 7) is 0.726. The van der Waals surface area contributed by atoms with Crippen LogP contribution in [0.25, 0.3) is 0 Å². The molecule has 4 N–H and O–H groups in total. The van der Waals surface area contributed by atoms with E-state index in [-0.39, 0.29) is 88.8 Å². The highest BCUT2D eigenvalue weighted by molar-refractivity contribution is 5.93. The fourth-order valence-electron chi connectivity index (χ4n) is 3.63. The second kappa shape index (κ2) is 18.6. The van der Waals surface area contributed by atoms with E-state index in [2.05, 4.69) is 0 Å². The predicted molar refractivity (Wildman–Crippen MR) is 160 cm³/mol. The molecule has 3 aromatic rings. The van der Waals surface area contributed by atoms with Crippen molar-refractivity contribution < 1.29 is 47.6 Å². The predicted octanol–water partition coefficient (Wildman–Crippen LogP) is 2.77. The maximum Gasteiger partial charge on any atom is 0.338 e. The van der Waals surface area contributed by atoms with Gasteiger partial charge in [-0.05, 0) is 59.7 Å². The molecule has 0 spiro atoms. The number of hydrogen-bond acceptors (Lipinski definition) is 12. The van der Waals surface area contributed by atoms with E-state index in [1.54, 1.807) is 48.5 Å². The van der Waals surface area contributed by atoms with Crippen molar-refractivity contribution in [3.63, 3.8) is 0 Å². The van der Waals surface area contributed by atoms with Gasteiger partial charge in [0.05, 0.1) is 50.4 Å². The average Bonchev–Trinajstić information content (AvgIpc) is 3.02. The van der Waals surface area contributed by atoms with Gasteiger partial charge >= 0.3 is 23.9 Å². The maximum atomic E-state index is 12.2. The van der Waals surface area contributed by atoms with Gasteiger partial charge in [0.15, 0.2) is 0 Å². The Labute approximate surface area is 255 Å². The lowest BCUT2D eigenvalue weighted by Gasteiger charge is -2.09. The fourth-order valence-corrected chi connectivity index (χ4v) is 3.63. The molecule has 0 fully saturated rings. The van der Waals surface area contributed by atoms with E-state index in [1.165, 1.54) is 24.3 Å². The molecule has 3 rings (SSSR count). The largest absolute Gasteiger partial charge is 0.463 e. The fraction of sp³-hybridized carbons (Fsp3) is 0.312. The Balaban J connectivity index is 1.19. The lowest BCUT2D eigenvalue weighted by molar-refractivity contribution is -0.145. The van der Waals surface area contributed by atoms with Gasteiger partial charge < -0.3 is 39.9 Å². The molecule has 0 bridgehead atoms. The van der Waals surface area contributed by atoms with Crippen LogP contribution >= 0.6 is 0 Å². The number of carbonyl (C=O) groups is 4. The van der Waals surface area contributed by atoms with E-state index in [0.29, 0.717) is 11.4 Å². The molecule has 0 radical (unpaired) electrons. The van der Waals surface area contributed by atoms with Gasteiger partial charge in [-0.25, -0.2) is 9.59 Å². The molecule has 0 aliphatic carbocycles. The monoisotopic (exact) mass is 608 g/mol. The van der Waals surface area contributed by atoms with Gasteiger partial charge in [-0.15, -0.1) is 0 Å². The highest BCUT2D eigenvalue weighted by atomic mass is 16.6. The Hall–Kier alpha value is -4.94. The van der Waals surface area contributed by atoms with Crippen molar-refractivity contribution in [2.24, 2.45) is 0 Å². The Kier molecular flexibility index (Phi) is 14.2. The standard InChI is InChI=1S/C32H36N2O10/c33-27-9-1-23(2-10-27)21-29(35)41-17-13-39-15-19-43-31(37)25-5-7-26(8-6-25)32(38)44-20-16-40-14-18-42-30(36)22-24-3-11-28(34)12-4-24/h1-12H,13-22,33-34H2. The molecular weight excluding hydrogens is 572 g/mol. The second-order valence-electron chi connectivity index (χ2n) is 9.35. The third-order valence-corrected chi connectivity index (χ3v) is 5.92. The smallest absolute Gasteiger partial charge is 0.338 e. The van der Waals surface area contributed by atoms with Crippen molar-refractivity contribution in [1.82, 2.24) is 0 Å². The lowest BCUT2D eigenvalue weighted by Crippen LogP contribution is -2.16. The van der Waals surface area contributed by atoms with Gasteiger partial charge in [-0.1, -0.05) is 24.3 Å². The number of benzene rings is 3. The van der Waals surface area contributed by atoms with Crippen LogP contribution in [0.15, 0.2) is 72.8 Å². The lowest BCUT2D eigenvalue weighted by atomic mass is 10.1. The minimum atomic E-state index is -0.578. The van der Waals surface area contributed by atoms with Crippen LogP contribution in [0.3, 0.4) is 0 Å². The van der Waals surface area contributed by atoms with Crippen molar-refractivity contribution in [3.8, 4) is 0 Å². The quantitative estimate of drug-likeness (QED) is 0.0936. The van der Waals surface area contributed by atoms with E-state index in [1.807, 2.05) is 0 Å². The molecule has 0 saturated heterocycles. The molecule has 0 unspecified atom stereocenters. The summed E-state index contributed by atoms with van der Waals surface area (Å²) < 4.78 is 31.2. The summed E-state index contributed by atoms with van der Waals surface area (Å²) in [5.41, 5.74) is 14.6. The molecular formula is C32H36N2O10. The van der Waals surface area contributed by atoms with Gasteiger partial charge in [-0.2, -0.15) is 0 Å². The van der Waals surface area contributed by atoms with E-state index in [4.69, 9.17) is 39.9 Å². The van der Waals surface area contributed by atoms with E-state index < -0.39 is 11.9 Å². The first-order chi connectivity index (χ1) is 21.3. The molecule has 0 aliphatic heterocycles. The van der Waals surface area contributed by atoms with Gasteiger partial charge in [0.1, 0.15) is 26.4 Å². The summed E-state index contributed by atoms with van der Waals surface area (Å²) in [7, 11) is 0. The Morgan fingerprint density at radius 3 is 1.09 bits per heavy atom. The van der Waals surface area contributed by atoms with E-state index in [9.17, 15) is 19.2 Å². The van der Waals surface area contributed by atoms with Crippen LogP contribution < -0.4 is 11.5 Å². The van der Waals surface area contributed by atoms with Crippen LogP contribution in [0, 0.1) is 0 Å². The van der Waals surface area contributed by atoms with E-state index in [0.717, 1.165) is 11.1 Å². The third kappa shape index (κ3) is 12.9. The summed E-state index contributed by atoms with van der Waals surface area (Å²) in [6, 6.07) is 19.7. The highest BCUT2D eigenvalue weighted by Gasteiger charge is 2.12. The summed E-state index contributed by atoms with van der Waals surface area (Å²) in [6.07, 6.45) is 0.271. The molecule has 12 heteroatoms. The first-order valence-electron chi connectivity index (χ1n) is 13.9. The van der Waals surface area contributed by atoms with Crippen LogP contribution in [0.1, 0.15) is 31.8 Å². The Bertz CT molecular complexity index is 1240. The minimum Gasteiger partial charge on any atom is -0.463 e. The zero-order valence-corrected chi connectivity index (χ0v) is 24.2. The molecule has 0 heterocycles. The third-order valence-electron chi connectivity index (χ3n) is 5.92. The zero-order chi connectivity index (χ0) is 31.6. The summed E-state index contributed by atoms with van der Waals surface area (Å²) >= 11 is 0. The van der Waals surface area contributed by atoms with Crippen LogP contribution in [-0.4, -0.2) is 76.7 Å². The summed E-state index contributed by atoms with van der Waals surface area (Å²) in [4.78, 5) is 48.1. The zero-order valence-electron chi connectivity index (χ0n) is 24.2. The number of ether oxygens (including phenoxy) is 6. The van der Waals surface area contributed by atoms with Crippen LogP contribution in [-0.2, 0) is 50.9 Å². The van der Waals surface area contributed by atoms with Gasteiger partial charge in [-0.3, -0.25) is 9.59 Å². The van der Waals surface area contributed by atoms with E-state index >= 15 is 0 Å². The average molecular weight is 609 g/mol. The molecule has 234 valence electrons. The molecule has 0 amide bonds. The van der Waals surface area contributed by atoms with Crippen molar-refractivity contribution >= 4 is 35.3 Å². The molecule has 3 aromatic carbocycles. The summed E-state index contributed by atoms with van der Waals surface area (Å²) in [5, 5.41) is 0. The number of carbonyl (C=O) groups excluding carboxylic acids is 4. The second-order valence-corrected chi connectivity index (χ2v) is 9.35. The molecule has 44 heavy (non-hydrogen) atoms. The van der Waals surface area contributed by atoms with Crippen molar-refractivity contribution in [2.75, 3.05) is 64.3 Å². The normalized spacial score (nSPS) is 10.5. The first kappa shape index (κ1) is 33.6. The van der Waals surface area contributed by atoms with Crippen molar-refractivity contribution in [2.45, 2.75) is 12.8 Å². The maximum absolute atomic E-state index is 12.2. The van der Waals surface area contributed by atoms with Gasteiger partial charge in [0, 0.05) is 11.4 Å². The Morgan fingerprint density at radius 1 is 0.432 bits per heavy atom. The number of anilines is 2. The number of esters is 4. The first-order valence-corrected chi connectivity index (χ1v) is 13.9. The molecule has 0 aliphatic rings. The molecule has 0 saturated carbocycles. The van der Waals surface area contributed by atoms with Crippen LogP contribution in [0.4, 0.5) is 11.4 Å². The molecule has 12 nitrogen and oxygen atoms in total. The Morgan fingerprint density at radius 2 is 0.750 bits per heavy atom. The number of hydrogen-bond donors (Lipinski definition) is 2. The van der Waals surface area contributed by atoms with Crippen molar-refractivity contribution in [1.29, 1.82) is 0 Å². The van der Waals surface area contributed by atoms with Gasteiger partial charge in [0.2, 0.25) is 0 Å². The van der Waals surface area contributed by atoms with Crippen LogP contribution in [0.2, 0.25) is 0 Å². The molecule has 0 aromatic heterocycles. The highest BCUT2D eigenvalue weighted by Crippen LogP contribution is 2.09. The minimum absolute atomic E-state index is 0.00376.